The molecule has 0 bridgehead atoms. The number of para-hydroxylation sites is 1. The van der Waals surface area contributed by atoms with Gasteiger partial charge in [-0.1, -0.05) is 164 Å². The van der Waals surface area contributed by atoms with Crippen LogP contribution in [0.25, 0.3) is 22.3 Å². The van der Waals surface area contributed by atoms with E-state index in [0.29, 0.717) is 36.4 Å². The first kappa shape index (κ1) is 43.7. The van der Waals surface area contributed by atoms with Gasteiger partial charge in [0.15, 0.2) is 6.79 Å². The number of nitrogens with one attached hydrogen (secondary N) is 2. The Morgan fingerprint density at radius 3 is 1.73 bits per heavy atom. The number of benzene rings is 7. The Labute approximate surface area is 374 Å². The van der Waals surface area contributed by atoms with Crippen molar-refractivity contribution in [3.8, 4) is 28.0 Å². The van der Waals surface area contributed by atoms with Crippen molar-refractivity contribution in [1.29, 1.82) is 0 Å². The molecule has 324 valence electrons. The monoisotopic (exact) mass is 871 g/mol. The van der Waals surface area contributed by atoms with E-state index in [1.165, 1.54) is 7.11 Å². The molecule has 11 heteroatoms. The molecule has 64 heavy (non-hydrogen) atoms. The smallest absolute Gasteiger partial charge is 0.328 e. The van der Waals surface area contributed by atoms with Crippen LogP contribution in [0.5, 0.6) is 5.75 Å². The van der Waals surface area contributed by atoms with Crippen LogP contribution in [0, 0.1) is 0 Å². The number of hydrogen-bond acceptors (Lipinski definition) is 8. The number of carbonyl (C=O) groups is 2. The third-order valence-electron chi connectivity index (χ3n) is 11.6. The van der Waals surface area contributed by atoms with Crippen LogP contribution in [0.1, 0.15) is 39.0 Å². The van der Waals surface area contributed by atoms with Gasteiger partial charge in [0.25, 0.3) is 5.91 Å². The van der Waals surface area contributed by atoms with Gasteiger partial charge in [-0.25, -0.2) is 13.2 Å². The maximum absolute atomic E-state index is 14.9. The number of sulfonamides is 1. The highest BCUT2D eigenvalue weighted by molar-refractivity contribution is 7.89. The molecule has 7 aromatic rings. The standard InChI is InChI=1S/C53H49N3O7S/c1-61-37-63-49-24-14-12-22-46(49)39-30-32-41(33-31-39)51(57)56-36-45(34-48(56)52(58)62-2)54-35-38-26-28-40(29-27-38)47-23-13-15-25-50(47)64(59,60)55-53(42-16-6-3-7-17-42,43-18-8-4-9-19-43)44-20-10-5-11-21-44/h3-33,45,48,54-55H,34-37H2,1-2H3/t45-,48-/m0/s1. The molecule has 0 aromatic heterocycles. The Morgan fingerprint density at radius 2 is 1.16 bits per heavy atom. The molecular formula is C53H49N3O7S. The molecule has 0 radical (unpaired) electrons. The fourth-order valence-corrected chi connectivity index (χ4v) is 10.1. The summed E-state index contributed by atoms with van der Waals surface area (Å²) >= 11 is 0. The predicted octanol–water partition coefficient (Wildman–Crippen LogP) is 8.82. The van der Waals surface area contributed by atoms with Crippen LogP contribution in [0.2, 0.25) is 0 Å². The normalized spacial score (nSPS) is 15.1. The first-order valence-electron chi connectivity index (χ1n) is 21.0. The lowest BCUT2D eigenvalue weighted by Gasteiger charge is -2.36. The molecule has 1 heterocycles. The lowest BCUT2D eigenvalue weighted by Crippen LogP contribution is -2.47. The molecule has 8 rings (SSSR count). The third kappa shape index (κ3) is 9.25. The van der Waals surface area contributed by atoms with Gasteiger partial charge in [-0.2, -0.15) is 4.72 Å². The van der Waals surface area contributed by atoms with Crippen LogP contribution in [-0.2, 0) is 36.4 Å². The van der Waals surface area contributed by atoms with Crippen LogP contribution in [0.4, 0.5) is 0 Å². The second-order valence-electron chi connectivity index (χ2n) is 15.6. The van der Waals surface area contributed by atoms with Gasteiger partial charge in [-0.15, -0.1) is 0 Å². The fourth-order valence-electron chi connectivity index (χ4n) is 8.48. The van der Waals surface area contributed by atoms with Gasteiger partial charge in [0.05, 0.1) is 12.0 Å². The molecule has 1 saturated heterocycles. The van der Waals surface area contributed by atoms with Crippen molar-refractivity contribution < 1.29 is 32.2 Å². The molecule has 2 N–H and O–H groups in total. The van der Waals surface area contributed by atoms with E-state index >= 15 is 0 Å². The average molecular weight is 872 g/mol. The minimum absolute atomic E-state index is 0.110. The molecule has 1 aliphatic rings. The largest absolute Gasteiger partial charge is 0.467 e. The highest BCUT2D eigenvalue weighted by Crippen LogP contribution is 2.40. The number of likely N-dealkylation sites (tertiary alicyclic amines) is 1. The van der Waals surface area contributed by atoms with Crippen molar-refractivity contribution >= 4 is 21.9 Å². The minimum atomic E-state index is -4.18. The van der Waals surface area contributed by atoms with Crippen LogP contribution in [0.3, 0.4) is 0 Å². The molecule has 0 aliphatic carbocycles. The van der Waals surface area contributed by atoms with Crippen molar-refractivity contribution in [3.63, 3.8) is 0 Å². The van der Waals surface area contributed by atoms with E-state index in [9.17, 15) is 18.0 Å². The Bertz CT molecular complexity index is 2690. The molecule has 1 fully saturated rings. The summed E-state index contributed by atoms with van der Waals surface area (Å²) in [5.41, 5.74) is 5.51. The highest BCUT2D eigenvalue weighted by atomic mass is 32.2. The molecule has 10 nitrogen and oxygen atoms in total. The molecule has 0 unspecified atom stereocenters. The van der Waals surface area contributed by atoms with Crippen LogP contribution in [-0.4, -0.2) is 64.8 Å². The summed E-state index contributed by atoms with van der Waals surface area (Å²) in [4.78, 5) is 28.6. The lowest BCUT2D eigenvalue weighted by atomic mass is 9.78. The molecular weight excluding hydrogens is 823 g/mol. The van der Waals surface area contributed by atoms with Crippen molar-refractivity contribution in [2.75, 3.05) is 27.6 Å². The second kappa shape index (κ2) is 19.7. The maximum atomic E-state index is 14.9. The van der Waals surface area contributed by atoms with Gasteiger partial charge in [0.2, 0.25) is 10.0 Å². The summed E-state index contributed by atoms with van der Waals surface area (Å²) in [7, 11) is -1.29. The molecule has 0 spiro atoms. The van der Waals surface area contributed by atoms with Gasteiger partial charge in [0.1, 0.15) is 17.3 Å². The summed E-state index contributed by atoms with van der Waals surface area (Å²) in [6.45, 7) is 0.870. The predicted molar refractivity (Wildman–Crippen MR) is 248 cm³/mol. The number of nitrogens with zero attached hydrogens (tertiary/aromatic N) is 1. The summed E-state index contributed by atoms with van der Waals surface area (Å²) in [6, 6.07) is 57.6. The molecule has 7 aromatic carbocycles. The Kier molecular flexibility index (Phi) is 13.4. The zero-order chi connectivity index (χ0) is 44.5. The highest BCUT2D eigenvalue weighted by Gasteiger charge is 2.42. The zero-order valence-corrected chi connectivity index (χ0v) is 36.4. The van der Waals surface area contributed by atoms with Gasteiger partial charge in [-0.3, -0.25) is 4.79 Å². The minimum Gasteiger partial charge on any atom is -0.467 e. The molecule has 1 amide bonds. The van der Waals surface area contributed by atoms with Gasteiger partial charge in [-0.05, 0) is 64.1 Å². The zero-order valence-electron chi connectivity index (χ0n) is 35.6. The van der Waals surface area contributed by atoms with Crippen LogP contribution in [0.15, 0.2) is 193 Å². The summed E-state index contributed by atoms with van der Waals surface area (Å²) in [5.74, 6) is -0.0771. The van der Waals surface area contributed by atoms with Crippen molar-refractivity contribution in [2.24, 2.45) is 0 Å². The van der Waals surface area contributed by atoms with Crippen molar-refractivity contribution in [3.05, 3.63) is 216 Å². The topological polar surface area (TPSA) is 123 Å². The van der Waals surface area contributed by atoms with E-state index in [4.69, 9.17) is 14.2 Å². The SMILES string of the molecule is COCOc1ccccc1-c1ccc(C(=O)N2C[C@@H](NCc3ccc(-c4ccccc4S(=O)(=O)NC(c4ccccc4)(c4ccccc4)c4ccccc4)cc3)C[C@H]2C(=O)OC)cc1. The van der Waals surface area contributed by atoms with E-state index in [-0.39, 0.29) is 23.6 Å². The van der Waals surface area contributed by atoms with Crippen LogP contribution < -0.4 is 14.8 Å². The van der Waals surface area contributed by atoms with E-state index in [1.807, 2.05) is 164 Å². The number of hydrogen-bond donors (Lipinski definition) is 2. The number of methoxy groups -OCH3 is 2. The molecule has 2 atom stereocenters. The Balaban J connectivity index is 0.991. The van der Waals surface area contributed by atoms with Crippen molar-refractivity contribution in [1.82, 2.24) is 14.9 Å². The van der Waals surface area contributed by atoms with Gasteiger partial charge < -0.3 is 24.4 Å². The number of rotatable bonds is 16. The maximum Gasteiger partial charge on any atom is 0.328 e. The van der Waals surface area contributed by atoms with E-state index in [2.05, 4.69) is 10.0 Å². The number of ether oxygens (including phenoxy) is 3. The first-order valence-corrected chi connectivity index (χ1v) is 22.5. The second-order valence-corrected chi connectivity index (χ2v) is 17.2. The average Bonchev–Trinajstić information content (AvgIpc) is 3.79. The Morgan fingerprint density at radius 1 is 0.641 bits per heavy atom. The summed E-state index contributed by atoms with van der Waals surface area (Å²) in [6.07, 6.45) is 0.382. The third-order valence-corrected chi connectivity index (χ3v) is 13.2. The number of carbonyl (C=O) groups excluding carboxylic acids is 2. The number of esters is 1. The fraction of sp³-hybridized carbons (Fsp3) is 0.170. The Hall–Kier alpha value is -6.89. The van der Waals surface area contributed by atoms with E-state index in [0.717, 1.165) is 38.9 Å². The quantitative estimate of drug-likeness (QED) is 0.0562. The first-order chi connectivity index (χ1) is 31.2. The number of amides is 1. The molecule has 0 saturated carbocycles. The van der Waals surface area contributed by atoms with Crippen LogP contribution >= 0.6 is 0 Å². The van der Waals surface area contributed by atoms with Gasteiger partial charge in [0, 0.05) is 42.9 Å². The van der Waals surface area contributed by atoms with E-state index in [1.54, 1.807) is 36.3 Å². The molecule has 1 aliphatic heterocycles. The lowest BCUT2D eigenvalue weighted by molar-refractivity contribution is -0.145. The summed E-state index contributed by atoms with van der Waals surface area (Å²) < 4.78 is 48.9. The summed E-state index contributed by atoms with van der Waals surface area (Å²) in [5, 5.41) is 3.53. The van der Waals surface area contributed by atoms with Crippen molar-refractivity contribution in [2.45, 2.75) is 35.5 Å². The van der Waals surface area contributed by atoms with Gasteiger partial charge >= 0.3 is 5.97 Å². The van der Waals surface area contributed by atoms with E-state index < -0.39 is 27.6 Å².